The van der Waals surface area contributed by atoms with Crippen LogP contribution in [0, 0.1) is 11.8 Å². The summed E-state index contributed by atoms with van der Waals surface area (Å²) in [6.45, 7) is 11.3. The van der Waals surface area contributed by atoms with Crippen molar-refractivity contribution in [1.82, 2.24) is 4.90 Å². The Labute approximate surface area is 179 Å². The fraction of sp³-hybridized carbons (Fsp3) is 0.636. The molecule has 28 heavy (non-hydrogen) atoms. The van der Waals surface area contributed by atoms with E-state index in [4.69, 9.17) is 12.2 Å². The van der Waals surface area contributed by atoms with Gasteiger partial charge in [0.1, 0.15) is 11.2 Å². The number of nitrogens with zero attached hydrogens (tertiary/aromatic N) is 1. The van der Waals surface area contributed by atoms with E-state index in [2.05, 4.69) is 15.9 Å². The van der Waals surface area contributed by atoms with Crippen LogP contribution in [0.3, 0.4) is 0 Å². The van der Waals surface area contributed by atoms with E-state index in [1.165, 1.54) is 0 Å². The Morgan fingerprint density at radius 3 is 2.43 bits per heavy atom. The normalized spacial score (nSPS) is 20.2. The van der Waals surface area contributed by atoms with Gasteiger partial charge in [-0.2, -0.15) is 0 Å². The smallest absolute Gasteiger partial charge is 0.410 e. The maximum Gasteiger partial charge on any atom is 0.410 e. The van der Waals surface area contributed by atoms with E-state index in [0.29, 0.717) is 18.5 Å². The van der Waals surface area contributed by atoms with Crippen LogP contribution < -0.4 is 0 Å². The highest BCUT2D eigenvalue weighted by Crippen LogP contribution is 2.31. The van der Waals surface area contributed by atoms with Gasteiger partial charge in [0.2, 0.25) is 0 Å². The summed E-state index contributed by atoms with van der Waals surface area (Å²) in [4.78, 5) is 27.2. The summed E-state index contributed by atoms with van der Waals surface area (Å²) in [5, 5.41) is 0. The minimum atomic E-state index is -1.97. The van der Waals surface area contributed by atoms with Gasteiger partial charge in [-0.05, 0) is 78.0 Å². The highest BCUT2D eigenvalue weighted by atomic mass is 79.9. The zero-order chi connectivity index (χ0) is 22.9. The maximum atomic E-state index is 13.1. The van der Waals surface area contributed by atoms with Crippen LogP contribution in [-0.4, -0.2) is 41.3 Å². The standard InChI is InChI=1S/C22H32BrNO4/c1-21(2,3)27-19(25)18(13-15-8-7-9-17(23)12-15)16-10-11-24(14-16)20(26)28-22(4,5)6/h7-9,12,16,18H,10-11,13-14H2,1-6H3/t16-,18-/m0/s1/i13D2. The first-order valence-electron chi connectivity index (χ1n) is 10.6. The molecule has 1 aliphatic heterocycles. The highest BCUT2D eigenvalue weighted by Gasteiger charge is 2.39. The van der Waals surface area contributed by atoms with Crippen molar-refractivity contribution in [3.8, 4) is 0 Å². The molecule has 1 saturated heterocycles. The van der Waals surface area contributed by atoms with Crippen molar-refractivity contribution < 1.29 is 21.8 Å². The van der Waals surface area contributed by atoms with Crippen LogP contribution in [0.15, 0.2) is 28.7 Å². The molecule has 2 rings (SSSR count). The van der Waals surface area contributed by atoms with Crippen molar-refractivity contribution in [1.29, 1.82) is 0 Å². The van der Waals surface area contributed by atoms with Gasteiger partial charge in [-0.25, -0.2) is 4.79 Å². The number of amides is 1. The summed E-state index contributed by atoms with van der Waals surface area (Å²) in [7, 11) is 0. The second-order valence-corrected chi connectivity index (χ2v) is 10.1. The van der Waals surface area contributed by atoms with Gasteiger partial charge in [0.25, 0.3) is 0 Å². The average molecular weight is 456 g/mol. The Balaban J connectivity index is 2.33. The molecule has 0 saturated carbocycles. The van der Waals surface area contributed by atoms with E-state index in [-0.39, 0.29) is 12.5 Å². The molecule has 1 amide bonds. The van der Waals surface area contributed by atoms with E-state index < -0.39 is 35.6 Å². The number of esters is 1. The maximum absolute atomic E-state index is 13.1. The number of hydrogen-bond donors (Lipinski definition) is 0. The van der Waals surface area contributed by atoms with Crippen molar-refractivity contribution >= 4 is 28.0 Å². The SMILES string of the molecule is [2H]C([2H])(c1cccc(Br)c1)[C@H](C(=O)OC(C)(C)C)[C@H]1CCN(C(=O)OC(C)(C)C)C1. The predicted molar refractivity (Wildman–Crippen MR) is 113 cm³/mol. The lowest BCUT2D eigenvalue weighted by molar-refractivity contribution is -0.161. The Bertz CT molecular complexity index is 786. The number of hydrogen-bond acceptors (Lipinski definition) is 4. The van der Waals surface area contributed by atoms with Gasteiger partial charge in [0.15, 0.2) is 0 Å². The highest BCUT2D eigenvalue weighted by molar-refractivity contribution is 9.10. The molecule has 1 aromatic carbocycles. The van der Waals surface area contributed by atoms with Crippen LogP contribution in [0.5, 0.6) is 0 Å². The van der Waals surface area contributed by atoms with Gasteiger partial charge in [0.05, 0.1) is 5.92 Å². The van der Waals surface area contributed by atoms with Crippen molar-refractivity contribution in [3.05, 3.63) is 34.3 Å². The molecule has 156 valence electrons. The topological polar surface area (TPSA) is 55.8 Å². The Morgan fingerprint density at radius 1 is 1.21 bits per heavy atom. The number of benzene rings is 1. The average Bonchev–Trinajstić information content (AvgIpc) is 3.01. The van der Waals surface area contributed by atoms with Crippen LogP contribution >= 0.6 is 15.9 Å². The third-order valence-electron chi connectivity index (χ3n) is 4.16. The number of halogens is 1. The van der Waals surface area contributed by atoms with E-state index in [1.807, 2.05) is 6.07 Å². The second kappa shape index (κ2) is 8.85. The van der Waals surface area contributed by atoms with E-state index in [1.54, 1.807) is 64.6 Å². The molecule has 0 aromatic heterocycles. The summed E-state index contributed by atoms with van der Waals surface area (Å²) < 4.78 is 29.5. The lowest BCUT2D eigenvalue weighted by Gasteiger charge is -2.28. The molecule has 0 radical (unpaired) electrons. The number of ether oxygens (including phenoxy) is 2. The molecule has 0 N–H and O–H groups in total. The summed E-state index contributed by atoms with van der Waals surface area (Å²) in [5.74, 6) is -2.04. The van der Waals surface area contributed by atoms with Gasteiger partial charge < -0.3 is 14.4 Å². The summed E-state index contributed by atoms with van der Waals surface area (Å²) >= 11 is 3.38. The molecule has 0 bridgehead atoms. The molecule has 0 unspecified atom stereocenters. The fourth-order valence-electron chi connectivity index (χ4n) is 3.04. The number of rotatable bonds is 4. The predicted octanol–water partition coefficient (Wildman–Crippen LogP) is 5.21. The number of likely N-dealkylation sites (tertiary alicyclic amines) is 1. The minimum absolute atomic E-state index is 0.242. The lowest BCUT2D eigenvalue weighted by atomic mass is 9.86. The first-order chi connectivity index (χ1) is 13.6. The first-order valence-corrected chi connectivity index (χ1v) is 10.4. The van der Waals surface area contributed by atoms with Crippen LogP contribution in [0.4, 0.5) is 4.79 Å². The van der Waals surface area contributed by atoms with Crippen molar-refractivity contribution in [3.63, 3.8) is 0 Å². The fourth-order valence-corrected chi connectivity index (χ4v) is 3.44. The van der Waals surface area contributed by atoms with Crippen molar-refractivity contribution in [2.24, 2.45) is 11.8 Å². The summed E-state index contributed by atoms with van der Waals surface area (Å²) in [6.07, 6.45) is -1.92. The minimum Gasteiger partial charge on any atom is -0.460 e. The molecule has 5 nitrogen and oxygen atoms in total. The molecule has 6 heteroatoms. The molecule has 1 aromatic rings. The van der Waals surface area contributed by atoms with Gasteiger partial charge >= 0.3 is 12.1 Å². The van der Waals surface area contributed by atoms with Crippen LogP contribution in [-0.2, 0) is 20.6 Å². The molecular formula is C22H32BrNO4. The summed E-state index contributed by atoms with van der Waals surface area (Å²) in [6, 6.07) is 6.90. The number of carbonyl (C=O) groups excluding carboxylic acids is 2. The molecule has 0 spiro atoms. The molecule has 2 atom stereocenters. The Kier molecular flexibility index (Phi) is 6.24. The molecule has 0 aliphatic carbocycles. The van der Waals surface area contributed by atoms with Crippen LogP contribution in [0.2, 0.25) is 0 Å². The van der Waals surface area contributed by atoms with Crippen molar-refractivity contribution in [2.75, 3.05) is 13.1 Å². The van der Waals surface area contributed by atoms with Gasteiger partial charge in [-0.1, -0.05) is 28.1 Å². The Morgan fingerprint density at radius 2 is 1.86 bits per heavy atom. The number of carbonyl (C=O) groups is 2. The monoisotopic (exact) mass is 455 g/mol. The molecule has 1 heterocycles. The van der Waals surface area contributed by atoms with E-state index in [9.17, 15) is 9.59 Å². The zero-order valence-corrected chi connectivity index (χ0v) is 19.1. The van der Waals surface area contributed by atoms with E-state index in [0.717, 1.165) is 4.47 Å². The lowest BCUT2D eigenvalue weighted by Crippen LogP contribution is -2.38. The van der Waals surface area contributed by atoms with Crippen LogP contribution in [0.1, 0.15) is 56.3 Å². The molecule has 1 fully saturated rings. The first kappa shape index (κ1) is 19.7. The van der Waals surface area contributed by atoms with E-state index >= 15 is 0 Å². The Hall–Kier alpha value is -1.56. The summed E-state index contributed by atoms with van der Waals surface area (Å²) in [5.41, 5.74) is -0.972. The second-order valence-electron chi connectivity index (χ2n) is 9.14. The molecular weight excluding hydrogens is 422 g/mol. The zero-order valence-electron chi connectivity index (χ0n) is 19.5. The van der Waals surface area contributed by atoms with Crippen molar-refractivity contribution in [2.45, 2.75) is 65.5 Å². The third-order valence-corrected chi connectivity index (χ3v) is 4.65. The molecule has 1 aliphatic rings. The van der Waals surface area contributed by atoms with Gasteiger partial charge in [-0.15, -0.1) is 0 Å². The van der Waals surface area contributed by atoms with Gasteiger partial charge in [0, 0.05) is 20.3 Å². The quantitative estimate of drug-likeness (QED) is 0.584. The third kappa shape index (κ3) is 7.12. The largest absolute Gasteiger partial charge is 0.460 e. The van der Waals surface area contributed by atoms with Crippen LogP contribution in [0.25, 0.3) is 0 Å². The van der Waals surface area contributed by atoms with Gasteiger partial charge in [-0.3, -0.25) is 4.79 Å².